The van der Waals surface area contributed by atoms with E-state index in [0.29, 0.717) is 17.5 Å². The fourth-order valence-electron chi connectivity index (χ4n) is 9.59. The molecule has 0 saturated heterocycles. The SMILES string of the molecule is c1ccc(-c2nc(-c3ccccc3)nc(-c3ccc(-n4c5ccccc5c5c6c7ccccc7n(-c7ccc(-c8nc9ccccc9n8-c8ccccc8)cc7)c6ccc54)cc3)n2)cc1. The molecule has 13 rings (SSSR count). The Morgan fingerprint density at radius 1 is 0.246 bits per heavy atom. The van der Waals surface area contributed by atoms with Crippen LogP contribution in [0.5, 0.6) is 0 Å². The fraction of sp³-hybridized carbons (Fsp3) is 0. The number of hydrogen-bond donors (Lipinski definition) is 0. The Balaban J connectivity index is 0.941. The second-order valence-corrected chi connectivity index (χ2v) is 16.3. The van der Waals surface area contributed by atoms with Crippen LogP contribution in [-0.2, 0) is 0 Å². The molecule has 9 aromatic carbocycles. The number of rotatable bonds is 7. The average molecular weight is 832 g/mol. The van der Waals surface area contributed by atoms with Gasteiger partial charge in [-0.1, -0.05) is 127 Å². The van der Waals surface area contributed by atoms with E-state index >= 15 is 0 Å². The highest BCUT2D eigenvalue weighted by molar-refractivity contribution is 6.28. The number of imidazole rings is 1. The van der Waals surface area contributed by atoms with Gasteiger partial charge in [-0.25, -0.2) is 19.9 Å². The molecule has 7 heteroatoms. The van der Waals surface area contributed by atoms with Gasteiger partial charge >= 0.3 is 0 Å². The molecule has 0 spiro atoms. The van der Waals surface area contributed by atoms with Crippen LogP contribution in [0.3, 0.4) is 0 Å². The van der Waals surface area contributed by atoms with E-state index in [1.807, 2.05) is 72.8 Å². The Labute approximate surface area is 373 Å². The Kier molecular flexibility index (Phi) is 8.39. The molecule has 4 heterocycles. The summed E-state index contributed by atoms with van der Waals surface area (Å²) in [5, 5.41) is 4.86. The van der Waals surface area contributed by atoms with Gasteiger partial charge in [0.15, 0.2) is 17.5 Å². The van der Waals surface area contributed by atoms with Crippen molar-refractivity contribution < 1.29 is 0 Å². The zero-order valence-electron chi connectivity index (χ0n) is 35.0. The lowest BCUT2D eigenvalue weighted by atomic mass is 10.1. The molecule has 4 aromatic heterocycles. The largest absolute Gasteiger partial charge is 0.309 e. The van der Waals surface area contributed by atoms with Crippen molar-refractivity contribution in [3.8, 4) is 62.6 Å². The predicted octanol–water partition coefficient (Wildman–Crippen LogP) is 14.1. The molecule has 0 N–H and O–H groups in total. The standard InChI is InChI=1S/C58H37N7/c1-4-16-38(17-5-1)55-60-56(39-18-6-2-7-19-39)62-57(61-55)40-28-32-43(33-29-40)63-48-25-13-10-22-45(48)53-51(63)36-37-52-54(53)46-23-11-14-26-49(46)64(52)44-34-30-41(31-35-44)58-59-47-24-12-15-27-50(47)65(58)42-20-8-3-9-21-42/h1-37H. The van der Waals surface area contributed by atoms with Gasteiger partial charge in [-0.05, 0) is 97.1 Å². The summed E-state index contributed by atoms with van der Waals surface area (Å²) in [6.07, 6.45) is 0. The van der Waals surface area contributed by atoms with Crippen LogP contribution in [0.2, 0.25) is 0 Å². The van der Waals surface area contributed by atoms with Gasteiger partial charge in [-0.15, -0.1) is 0 Å². The second kappa shape index (κ2) is 14.9. The van der Waals surface area contributed by atoms with E-state index in [4.69, 9.17) is 19.9 Å². The molecule has 0 bridgehead atoms. The summed E-state index contributed by atoms with van der Waals surface area (Å²) in [5.41, 5.74) is 13.7. The first kappa shape index (κ1) is 36.7. The van der Waals surface area contributed by atoms with Crippen molar-refractivity contribution in [3.05, 3.63) is 224 Å². The van der Waals surface area contributed by atoms with Crippen LogP contribution < -0.4 is 0 Å². The highest BCUT2D eigenvalue weighted by Gasteiger charge is 2.22. The lowest BCUT2D eigenvalue weighted by Crippen LogP contribution is -2.00. The third-order valence-electron chi connectivity index (χ3n) is 12.5. The summed E-state index contributed by atoms with van der Waals surface area (Å²) >= 11 is 0. The normalized spacial score (nSPS) is 11.7. The van der Waals surface area contributed by atoms with Crippen LogP contribution in [-0.4, -0.2) is 33.6 Å². The summed E-state index contributed by atoms with van der Waals surface area (Å²) in [7, 11) is 0. The molecule has 0 aliphatic heterocycles. The van der Waals surface area contributed by atoms with E-state index in [0.717, 1.165) is 78.2 Å². The van der Waals surface area contributed by atoms with Gasteiger partial charge in [0.25, 0.3) is 0 Å². The van der Waals surface area contributed by atoms with Gasteiger partial charge < -0.3 is 9.13 Å². The van der Waals surface area contributed by atoms with Crippen molar-refractivity contribution in [2.45, 2.75) is 0 Å². The fourth-order valence-corrected chi connectivity index (χ4v) is 9.59. The van der Waals surface area contributed by atoms with Crippen molar-refractivity contribution in [2.75, 3.05) is 0 Å². The lowest BCUT2D eigenvalue weighted by molar-refractivity contribution is 1.07. The molecular weight excluding hydrogens is 795 g/mol. The first-order chi connectivity index (χ1) is 32.2. The van der Waals surface area contributed by atoms with Crippen LogP contribution in [0.1, 0.15) is 0 Å². The van der Waals surface area contributed by atoms with Crippen molar-refractivity contribution in [3.63, 3.8) is 0 Å². The van der Waals surface area contributed by atoms with Crippen LogP contribution in [0, 0.1) is 0 Å². The molecule has 0 fully saturated rings. The Morgan fingerprint density at radius 2 is 0.631 bits per heavy atom. The zero-order chi connectivity index (χ0) is 42.8. The molecular formula is C58H37N7. The summed E-state index contributed by atoms with van der Waals surface area (Å²) in [5.74, 6) is 2.83. The van der Waals surface area contributed by atoms with E-state index in [9.17, 15) is 0 Å². The third kappa shape index (κ3) is 5.98. The Bertz CT molecular complexity index is 3850. The van der Waals surface area contributed by atoms with Gasteiger partial charge in [0.2, 0.25) is 0 Å². The maximum atomic E-state index is 5.14. The van der Waals surface area contributed by atoms with Crippen molar-refractivity contribution in [1.29, 1.82) is 0 Å². The molecule has 0 aliphatic rings. The molecule has 304 valence electrons. The van der Waals surface area contributed by atoms with E-state index in [2.05, 4.69) is 165 Å². The van der Waals surface area contributed by atoms with Gasteiger partial charge in [0.05, 0.1) is 33.1 Å². The first-order valence-corrected chi connectivity index (χ1v) is 21.8. The van der Waals surface area contributed by atoms with Crippen molar-refractivity contribution in [2.24, 2.45) is 0 Å². The van der Waals surface area contributed by atoms with E-state index in [1.54, 1.807) is 0 Å². The smallest absolute Gasteiger partial charge is 0.164 e. The zero-order valence-corrected chi connectivity index (χ0v) is 35.0. The monoisotopic (exact) mass is 831 g/mol. The quantitative estimate of drug-likeness (QED) is 0.160. The predicted molar refractivity (Wildman–Crippen MR) is 265 cm³/mol. The van der Waals surface area contributed by atoms with Crippen molar-refractivity contribution in [1.82, 2.24) is 33.6 Å². The molecule has 0 unspecified atom stereocenters. The molecule has 0 saturated carbocycles. The highest BCUT2D eigenvalue weighted by Crippen LogP contribution is 2.43. The molecule has 13 aromatic rings. The number of fused-ring (bicyclic) bond motifs is 8. The molecule has 0 radical (unpaired) electrons. The van der Waals surface area contributed by atoms with Gasteiger partial charge in [-0.3, -0.25) is 4.57 Å². The molecule has 65 heavy (non-hydrogen) atoms. The number of para-hydroxylation sites is 5. The Hall–Kier alpha value is -8.94. The maximum Gasteiger partial charge on any atom is 0.164 e. The van der Waals surface area contributed by atoms with Gasteiger partial charge in [-0.2, -0.15) is 0 Å². The highest BCUT2D eigenvalue weighted by atomic mass is 15.1. The van der Waals surface area contributed by atoms with Crippen LogP contribution in [0.25, 0.3) is 117 Å². The van der Waals surface area contributed by atoms with Gasteiger partial charge in [0, 0.05) is 60.9 Å². The van der Waals surface area contributed by atoms with Gasteiger partial charge in [0.1, 0.15) is 5.82 Å². The lowest BCUT2D eigenvalue weighted by Gasteiger charge is -2.12. The minimum atomic E-state index is 0.629. The van der Waals surface area contributed by atoms with Crippen LogP contribution in [0.15, 0.2) is 224 Å². The average Bonchev–Trinajstić information content (AvgIpc) is 4.05. The summed E-state index contributed by atoms with van der Waals surface area (Å²) in [4.78, 5) is 20.0. The van der Waals surface area contributed by atoms with Crippen LogP contribution >= 0.6 is 0 Å². The van der Waals surface area contributed by atoms with Crippen molar-refractivity contribution >= 4 is 54.6 Å². The topological polar surface area (TPSA) is 66.3 Å². The first-order valence-electron chi connectivity index (χ1n) is 21.8. The van der Waals surface area contributed by atoms with E-state index in [-0.39, 0.29) is 0 Å². The third-order valence-corrected chi connectivity index (χ3v) is 12.5. The molecule has 7 nitrogen and oxygen atoms in total. The minimum Gasteiger partial charge on any atom is -0.309 e. The molecule has 0 atom stereocenters. The number of aromatic nitrogens is 7. The number of hydrogen-bond acceptors (Lipinski definition) is 4. The van der Waals surface area contributed by atoms with E-state index < -0.39 is 0 Å². The number of nitrogens with zero attached hydrogens (tertiary/aromatic N) is 7. The summed E-state index contributed by atoms with van der Waals surface area (Å²) in [6, 6.07) is 78.5. The summed E-state index contributed by atoms with van der Waals surface area (Å²) in [6.45, 7) is 0. The number of benzene rings is 9. The van der Waals surface area contributed by atoms with E-state index in [1.165, 1.54) is 21.5 Å². The molecule has 0 amide bonds. The molecule has 0 aliphatic carbocycles. The summed E-state index contributed by atoms with van der Waals surface area (Å²) < 4.78 is 7.03. The van der Waals surface area contributed by atoms with Crippen LogP contribution in [0.4, 0.5) is 0 Å². The maximum absolute atomic E-state index is 5.14. The second-order valence-electron chi connectivity index (χ2n) is 16.3. The Morgan fingerprint density at radius 3 is 1.14 bits per heavy atom. The minimum absolute atomic E-state index is 0.629.